The predicted octanol–water partition coefficient (Wildman–Crippen LogP) is 2.35. The van der Waals surface area contributed by atoms with Gasteiger partial charge in [-0.15, -0.1) is 0 Å². The number of sulfone groups is 1. The highest BCUT2D eigenvalue weighted by Crippen LogP contribution is 2.26. The van der Waals surface area contributed by atoms with Gasteiger partial charge < -0.3 is 0 Å². The Morgan fingerprint density at radius 2 is 1.81 bits per heavy atom. The molecule has 0 saturated heterocycles. The molecule has 0 unspecified atom stereocenters. The topological polar surface area (TPSA) is 51.2 Å². The molecule has 0 atom stereocenters. The van der Waals surface area contributed by atoms with E-state index < -0.39 is 9.84 Å². The van der Waals surface area contributed by atoms with Gasteiger partial charge in [-0.25, -0.2) is 8.42 Å². The molecule has 1 aliphatic carbocycles. The molecule has 1 fully saturated rings. The average molecular weight is 246 g/mol. The van der Waals surface area contributed by atoms with Crippen molar-refractivity contribution >= 4 is 15.6 Å². The molecule has 0 aliphatic heterocycles. The summed E-state index contributed by atoms with van der Waals surface area (Å²) in [6.07, 6.45) is 8.98. The van der Waals surface area contributed by atoms with Crippen LogP contribution in [-0.4, -0.2) is 26.2 Å². The van der Waals surface area contributed by atoms with Crippen LogP contribution in [0, 0.1) is 5.92 Å². The molecule has 0 N–H and O–H groups in total. The number of carbonyl (C=O) groups excluding carboxylic acids is 1. The lowest BCUT2D eigenvalue weighted by atomic mass is 9.85. The van der Waals surface area contributed by atoms with E-state index in [-0.39, 0.29) is 11.5 Å². The van der Waals surface area contributed by atoms with Crippen molar-refractivity contribution in [3.8, 4) is 0 Å². The van der Waals surface area contributed by atoms with Crippen LogP contribution in [0.15, 0.2) is 0 Å². The zero-order valence-electron chi connectivity index (χ0n) is 10.1. The van der Waals surface area contributed by atoms with Crippen LogP contribution in [0.2, 0.25) is 0 Å². The van der Waals surface area contributed by atoms with Crippen LogP contribution in [0.3, 0.4) is 0 Å². The Hall–Kier alpha value is -0.380. The van der Waals surface area contributed by atoms with Crippen molar-refractivity contribution in [2.45, 2.75) is 51.4 Å². The molecule has 1 saturated carbocycles. The number of hydrogen-bond donors (Lipinski definition) is 0. The quantitative estimate of drug-likeness (QED) is 0.723. The van der Waals surface area contributed by atoms with E-state index in [2.05, 4.69) is 0 Å². The number of carbonyl (C=O) groups is 1. The minimum atomic E-state index is -2.91. The van der Waals surface area contributed by atoms with Crippen LogP contribution in [0.1, 0.15) is 51.4 Å². The van der Waals surface area contributed by atoms with Gasteiger partial charge in [0.25, 0.3) is 0 Å². The van der Waals surface area contributed by atoms with Gasteiger partial charge in [0, 0.05) is 19.1 Å². The number of Topliss-reactive ketones (excluding diaryl/α,β-unsaturated/α-hetero) is 1. The van der Waals surface area contributed by atoms with Gasteiger partial charge in [-0.2, -0.15) is 0 Å². The molecular weight excluding hydrogens is 224 g/mol. The Morgan fingerprint density at radius 3 is 2.38 bits per heavy atom. The Kier molecular flexibility index (Phi) is 5.46. The predicted molar refractivity (Wildman–Crippen MR) is 65.1 cm³/mol. The zero-order chi connectivity index (χ0) is 12.0. The van der Waals surface area contributed by atoms with Crippen molar-refractivity contribution < 1.29 is 13.2 Å². The normalized spacial score (nSPS) is 18.6. The minimum Gasteiger partial charge on any atom is -0.300 e. The van der Waals surface area contributed by atoms with Gasteiger partial charge >= 0.3 is 0 Å². The van der Waals surface area contributed by atoms with Crippen molar-refractivity contribution in [3.05, 3.63) is 0 Å². The maximum absolute atomic E-state index is 11.6. The fourth-order valence-electron chi connectivity index (χ4n) is 2.35. The Balaban J connectivity index is 2.15. The molecule has 94 valence electrons. The van der Waals surface area contributed by atoms with E-state index in [1.807, 2.05) is 0 Å². The van der Waals surface area contributed by atoms with E-state index in [4.69, 9.17) is 0 Å². The van der Waals surface area contributed by atoms with Crippen LogP contribution in [0.5, 0.6) is 0 Å². The second kappa shape index (κ2) is 6.38. The van der Waals surface area contributed by atoms with Crippen LogP contribution in [-0.2, 0) is 14.6 Å². The van der Waals surface area contributed by atoms with Gasteiger partial charge in [0.1, 0.15) is 15.6 Å². The smallest absolute Gasteiger partial charge is 0.147 e. The molecule has 0 aromatic rings. The summed E-state index contributed by atoms with van der Waals surface area (Å²) in [5.74, 6) is 0.957. The van der Waals surface area contributed by atoms with E-state index in [0.717, 1.165) is 0 Å². The summed E-state index contributed by atoms with van der Waals surface area (Å²) in [6.45, 7) is 0. The molecule has 1 rings (SSSR count). The largest absolute Gasteiger partial charge is 0.300 e. The lowest BCUT2D eigenvalue weighted by Gasteiger charge is -2.20. The number of hydrogen-bond acceptors (Lipinski definition) is 3. The van der Waals surface area contributed by atoms with Gasteiger partial charge in [0.15, 0.2) is 0 Å². The third-order valence-electron chi connectivity index (χ3n) is 3.21. The van der Waals surface area contributed by atoms with Crippen molar-refractivity contribution in [2.75, 3.05) is 12.0 Å². The maximum atomic E-state index is 11.6. The van der Waals surface area contributed by atoms with E-state index in [0.29, 0.717) is 25.2 Å². The highest BCUT2D eigenvalue weighted by Gasteiger charge is 2.17. The van der Waals surface area contributed by atoms with Gasteiger partial charge in [-0.1, -0.05) is 32.1 Å². The van der Waals surface area contributed by atoms with E-state index in [1.165, 1.54) is 38.4 Å². The molecule has 3 nitrogen and oxygen atoms in total. The SMILES string of the molecule is CS(=O)(=O)CCCC(=O)CC1CCCCC1. The lowest BCUT2D eigenvalue weighted by molar-refractivity contribution is -0.120. The molecule has 16 heavy (non-hydrogen) atoms. The number of ketones is 1. The highest BCUT2D eigenvalue weighted by molar-refractivity contribution is 7.90. The van der Waals surface area contributed by atoms with Gasteiger partial charge in [0.05, 0.1) is 5.75 Å². The molecule has 0 heterocycles. The molecule has 0 amide bonds. The van der Waals surface area contributed by atoms with Crippen molar-refractivity contribution in [2.24, 2.45) is 5.92 Å². The fraction of sp³-hybridized carbons (Fsp3) is 0.917. The summed E-state index contributed by atoms with van der Waals surface area (Å²) < 4.78 is 21.8. The van der Waals surface area contributed by atoms with Crippen LogP contribution < -0.4 is 0 Å². The minimum absolute atomic E-state index is 0.142. The molecule has 0 aromatic carbocycles. The average Bonchev–Trinajstić information content (AvgIpc) is 2.17. The molecule has 4 heteroatoms. The lowest BCUT2D eigenvalue weighted by Crippen LogP contribution is -2.13. The van der Waals surface area contributed by atoms with Gasteiger partial charge in [-0.3, -0.25) is 4.79 Å². The Labute approximate surface area is 98.5 Å². The maximum Gasteiger partial charge on any atom is 0.147 e. The Bertz CT molecular complexity index is 313. The third-order valence-corrected chi connectivity index (χ3v) is 4.24. The first-order chi connectivity index (χ1) is 7.47. The molecule has 0 aromatic heterocycles. The second-order valence-electron chi connectivity index (χ2n) is 4.98. The van der Waals surface area contributed by atoms with Gasteiger partial charge in [0.2, 0.25) is 0 Å². The Morgan fingerprint density at radius 1 is 1.19 bits per heavy atom. The summed E-state index contributed by atoms with van der Waals surface area (Å²) in [7, 11) is -2.91. The van der Waals surface area contributed by atoms with Gasteiger partial charge in [-0.05, 0) is 12.3 Å². The molecule has 1 aliphatic rings. The van der Waals surface area contributed by atoms with Crippen LogP contribution >= 0.6 is 0 Å². The first-order valence-electron chi connectivity index (χ1n) is 6.17. The molecule has 0 bridgehead atoms. The van der Waals surface area contributed by atoms with E-state index >= 15 is 0 Å². The first kappa shape index (κ1) is 13.7. The van der Waals surface area contributed by atoms with Crippen LogP contribution in [0.4, 0.5) is 0 Å². The van der Waals surface area contributed by atoms with E-state index in [9.17, 15) is 13.2 Å². The van der Waals surface area contributed by atoms with E-state index in [1.54, 1.807) is 0 Å². The highest BCUT2D eigenvalue weighted by atomic mass is 32.2. The molecule has 0 radical (unpaired) electrons. The third kappa shape index (κ3) is 6.26. The summed E-state index contributed by atoms with van der Waals surface area (Å²) >= 11 is 0. The molecule has 0 spiro atoms. The van der Waals surface area contributed by atoms with Crippen molar-refractivity contribution in [1.82, 2.24) is 0 Å². The fourth-order valence-corrected chi connectivity index (χ4v) is 3.02. The standard InChI is InChI=1S/C12H22O3S/c1-16(14,15)9-5-8-12(13)10-11-6-3-2-4-7-11/h11H,2-10H2,1H3. The van der Waals surface area contributed by atoms with Crippen molar-refractivity contribution in [1.29, 1.82) is 0 Å². The monoisotopic (exact) mass is 246 g/mol. The zero-order valence-corrected chi connectivity index (χ0v) is 10.9. The van der Waals surface area contributed by atoms with Crippen LogP contribution in [0.25, 0.3) is 0 Å². The summed E-state index contributed by atoms with van der Waals surface area (Å²) in [6, 6.07) is 0. The summed E-state index contributed by atoms with van der Waals surface area (Å²) in [5, 5.41) is 0. The number of rotatable bonds is 6. The molecular formula is C12H22O3S. The second-order valence-corrected chi connectivity index (χ2v) is 7.24. The first-order valence-corrected chi connectivity index (χ1v) is 8.23. The summed E-state index contributed by atoms with van der Waals surface area (Å²) in [5.41, 5.74) is 0. The summed E-state index contributed by atoms with van der Waals surface area (Å²) in [4.78, 5) is 11.6. The van der Waals surface area contributed by atoms with Crippen molar-refractivity contribution in [3.63, 3.8) is 0 Å².